The highest BCUT2D eigenvalue weighted by Crippen LogP contribution is 2.15. The normalized spacial score (nSPS) is 22.0. The maximum absolute atomic E-state index is 11.3. The topological polar surface area (TPSA) is 66.7 Å². The molecule has 4 heteroatoms. The van der Waals surface area contributed by atoms with Crippen molar-refractivity contribution in [3.05, 3.63) is 23.8 Å². The van der Waals surface area contributed by atoms with Crippen molar-refractivity contribution in [1.29, 1.82) is 0 Å². The Labute approximate surface area is 94.4 Å². The minimum atomic E-state index is -0.956. The molecule has 0 spiro atoms. The molecule has 0 aromatic carbocycles. The molecule has 0 aliphatic heterocycles. The van der Waals surface area contributed by atoms with Crippen LogP contribution in [0.1, 0.15) is 26.7 Å². The zero-order chi connectivity index (χ0) is 12.1. The summed E-state index contributed by atoms with van der Waals surface area (Å²) in [6.07, 6.45) is 5.87. The summed E-state index contributed by atoms with van der Waals surface area (Å²) in [7, 11) is 0. The predicted molar refractivity (Wildman–Crippen MR) is 61.4 cm³/mol. The average Bonchev–Trinajstić information content (AvgIpc) is 2.21. The fourth-order valence-electron chi connectivity index (χ4n) is 1.43. The second-order valence-corrected chi connectivity index (χ2v) is 3.73. The Balaban J connectivity index is 2.79. The molecule has 1 atom stereocenters. The van der Waals surface area contributed by atoms with E-state index in [1.54, 1.807) is 12.2 Å². The third-order valence-electron chi connectivity index (χ3n) is 2.29. The van der Waals surface area contributed by atoms with Crippen LogP contribution >= 0.6 is 0 Å². The van der Waals surface area contributed by atoms with Crippen LogP contribution < -0.4 is 0 Å². The van der Waals surface area contributed by atoms with Gasteiger partial charge < -0.3 is 5.11 Å². The lowest BCUT2D eigenvalue weighted by molar-refractivity contribution is -0.132. The number of carboxylic acids is 1. The van der Waals surface area contributed by atoms with E-state index in [9.17, 15) is 9.59 Å². The Kier molecular flexibility index (Phi) is 4.17. The fraction of sp³-hybridized carbons (Fsp3) is 0.417. The summed E-state index contributed by atoms with van der Waals surface area (Å²) in [6, 6.07) is 0. The first-order valence-corrected chi connectivity index (χ1v) is 5.29. The molecule has 86 valence electrons. The van der Waals surface area contributed by atoms with Crippen LogP contribution in [0.5, 0.6) is 0 Å². The quantitative estimate of drug-likeness (QED) is 0.792. The summed E-state index contributed by atoms with van der Waals surface area (Å²) in [5, 5.41) is 8.78. The van der Waals surface area contributed by atoms with Gasteiger partial charge in [0.05, 0.1) is 11.3 Å². The van der Waals surface area contributed by atoms with Gasteiger partial charge >= 0.3 is 5.97 Å². The number of carbonyl (C=O) groups is 2. The van der Waals surface area contributed by atoms with E-state index in [1.165, 1.54) is 6.08 Å². The molecule has 0 bridgehead atoms. The SMILES string of the molecule is CCCC(=O)N=C1C=CC(C(=O)O)=CC1C. The van der Waals surface area contributed by atoms with Gasteiger partial charge in [0.2, 0.25) is 5.91 Å². The van der Waals surface area contributed by atoms with E-state index in [0.29, 0.717) is 12.1 Å². The van der Waals surface area contributed by atoms with E-state index >= 15 is 0 Å². The van der Waals surface area contributed by atoms with Crippen molar-refractivity contribution in [3.8, 4) is 0 Å². The lowest BCUT2D eigenvalue weighted by atomic mass is 9.96. The molecule has 1 rings (SSSR count). The number of carboxylic acid groups (broad SMARTS) is 1. The minimum Gasteiger partial charge on any atom is -0.478 e. The monoisotopic (exact) mass is 221 g/mol. The Bertz CT molecular complexity index is 391. The molecule has 1 N–H and O–H groups in total. The largest absolute Gasteiger partial charge is 0.478 e. The molecule has 0 saturated heterocycles. The van der Waals surface area contributed by atoms with Crippen LogP contribution in [0.15, 0.2) is 28.8 Å². The van der Waals surface area contributed by atoms with Gasteiger partial charge in [0.25, 0.3) is 0 Å². The summed E-state index contributed by atoms with van der Waals surface area (Å²) in [4.78, 5) is 26.0. The molecule has 1 aliphatic rings. The van der Waals surface area contributed by atoms with Crippen LogP contribution in [-0.2, 0) is 9.59 Å². The predicted octanol–water partition coefficient (Wildman–Crippen LogP) is 1.97. The van der Waals surface area contributed by atoms with Crippen molar-refractivity contribution >= 4 is 17.6 Å². The smallest absolute Gasteiger partial charge is 0.335 e. The van der Waals surface area contributed by atoms with Gasteiger partial charge in [-0.1, -0.05) is 19.9 Å². The number of rotatable bonds is 3. The van der Waals surface area contributed by atoms with Crippen LogP contribution in [0.4, 0.5) is 0 Å². The summed E-state index contributed by atoms with van der Waals surface area (Å²) in [5.74, 6) is -1.24. The third-order valence-corrected chi connectivity index (χ3v) is 2.29. The molecule has 0 heterocycles. The Morgan fingerprint density at radius 3 is 2.62 bits per heavy atom. The maximum Gasteiger partial charge on any atom is 0.335 e. The number of allylic oxidation sites excluding steroid dienone is 2. The van der Waals surface area contributed by atoms with Crippen molar-refractivity contribution < 1.29 is 14.7 Å². The van der Waals surface area contributed by atoms with Crippen LogP contribution in [0, 0.1) is 5.92 Å². The Morgan fingerprint density at radius 2 is 2.12 bits per heavy atom. The summed E-state index contributed by atoms with van der Waals surface area (Å²) >= 11 is 0. The molecule has 0 saturated carbocycles. The van der Waals surface area contributed by atoms with E-state index in [-0.39, 0.29) is 17.4 Å². The van der Waals surface area contributed by atoms with Gasteiger partial charge in [0.15, 0.2) is 0 Å². The molecule has 0 aromatic heterocycles. The molecule has 1 unspecified atom stereocenters. The molecule has 0 radical (unpaired) electrons. The first-order chi connectivity index (χ1) is 7.54. The third kappa shape index (κ3) is 3.15. The van der Waals surface area contributed by atoms with E-state index < -0.39 is 5.97 Å². The standard InChI is InChI=1S/C12H15NO3/c1-3-4-11(14)13-10-6-5-9(12(15)16)7-8(10)2/h5-8H,3-4H2,1-2H3,(H,15,16). The highest BCUT2D eigenvalue weighted by molar-refractivity contribution is 6.08. The summed E-state index contributed by atoms with van der Waals surface area (Å²) in [6.45, 7) is 3.74. The first-order valence-electron chi connectivity index (χ1n) is 5.29. The van der Waals surface area contributed by atoms with Crippen molar-refractivity contribution in [2.45, 2.75) is 26.7 Å². The van der Waals surface area contributed by atoms with Crippen molar-refractivity contribution in [3.63, 3.8) is 0 Å². The molecule has 0 aromatic rings. The van der Waals surface area contributed by atoms with Crippen LogP contribution in [0.25, 0.3) is 0 Å². The lowest BCUT2D eigenvalue weighted by Crippen LogP contribution is -2.15. The molecule has 1 aliphatic carbocycles. The number of aliphatic imine (C=N–C) groups is 1. The van der Waals surface area contributed by atoms with Gasteiger partial charge in [0.1, 0.15) is 0 Å². The van der Waals surface area contributed by atoms with Gasteiger partial charge in [-0.15, -0.1) is 0 Å². The first kappa shape index (κ1) is 12.4. The maximum atomic E-state index is 11.3. The van der Waals surface area contributed by atoms with Gasteiger partial charge in [0, 0.05) is 12.3 Å². The second kappa shape index (κ2) is 5.39. The zero-order valence-corrected chi connectivity index (χ0v) is 9.43. The second-order valence-electron chi connectivity index (χ2n) is 3.73. The van der Waals surface area contributed by atoms with Gasteiger partial charge in [-0.2, -0.15) is 0 Å². The lowest BCUT2D eigenvalue weighted by Gasteiger charge is -2.12. The van der Waals surface area contributed by atoms with Crippen LogP contribution in [-0.4, -0.2) is 22.7 Å². The van der Waals surface area contributed by atoms with E-state index in [4.69, 9.17) is 5.11 Å². The van der Waals surface area contributed by atoms with E-state index in [1.807, 2.05) is 13.8 Å². The molecule has 4 nitrogen and oxygen atoms in total. The van der Waals surface area contributed by atoms with E-state index in [0.717, 1.165) is 6.42 Å². The number of hydrogen-bond donors (Lipinski definition) is 1. The number of hydrogen-bond acceptors (Lipinski definition) is 2. The molecule has 0 fully saturated rings. The Morgan fingerprint density at radius 1 is 1.44 bits per heavy atom. The highest BCUT2D eigenvalue weighted by Gasteiger charge is 2.15. The van der Waals surface area contributed by atoms with Crippen LogP contribution in [0.2, 0.25) is 0 Å². The van der Waals surface area contributed by atoms with Gasteiger partial charge in [-0.25, -0.2) is 9.79 Å². The summed E-state index contributed by atoms with van der Waals surface area (Å²) in [5.41, 5.74) is 0.873. The molecular formula is C12H15NO3. The number of nitrogens with zero attached hydrogens (tertiary/aromatic N) is 1. The van der Waals surface area contributed by atoms with E-state index in [2.05, 4.69) is 4.99 Å². The molecular weight excluding hydrogens is 206 g/mol. The van der Waals surface area contributed by atoms with Crippen LogP contribution in [0.3, 0.4) is 0 Å². The van der Waals surface area contributed by atoms with Gasteiger partial charge in [-0.3, -0.25) is 4.79 Å². The van der Waals surface area contributed by atoms with Crippen molar-refractivity contribution in [2.75, 3.05) is 0 Å². The molecule has 1 amide bonds. The number of aliphatic carboxylic acids is 1. The summed E-state index contributed by atoms with van der Waals surface area (Å²) < 4.78 is 0. The highest BCUT2D eigenvalue weighted by atomic mass is 16.4. The fourth-order valence-corrected chi connectivity index (χ4v) is 1.43. The van der Waals surface area contributed by atoms with Crippen molar-refractivity contribution in [2.24, 2.45) is 10.9 Å². The molecule has 16 heavy (non-hydrogen) atoms. The number of amides is 1. The number of carbonyl (C=O) groups excluding carboxylic acids is 1. The average molecular weight is 221 g/mol. The minimum absolute atomic E-state index is 0.128. The Hall–Kier alpha value is -1.71. The van der Waals surface area contributed by atoms with Crippen molar-refractivity contribution in [1.82, 2.24) is 0 Å². The van der Waals surface area contributed by atoms with Gasteiger partial charge in [-0.05, 0) is 18.6 Å². The zero-order valence-electron chi connectivity index (χ0n) is 9.43.